The summed E-state index contributed by atoms with van der Waals surface area (Å²) in [5.41, 5.74) is 10.1. The minimum absolute atomic E-state index is 0.117. The van der Waals surface area contributed by atoms with Gasteiger partial charge in [-0.15, -0.1) is 0 Å². The molecule has 0 fully saturated rings. The Labute approximate surface area is 129 Å². The topological polar surface area (TPSA) is 46.3 Å². The third kappa shape index (κ3) is 2.38. The van der Waals surface area contributed by atoms with Gasteiger partial charge in [-0.3, -0.25) is 4.79 Å². The second-order valence-corrected chi connectivity index (χ2v) is 5.75. The number of aryl methyl sites for hydroxylation is 2. The fourth-order valence-electron chi connectivity index (χ4n) is 2.95. The number of carbonyl (C=O) groups is 1. The predicted octanol–water partition coefficient (Wildman–Crippen LogP) is 3.82. The smallest absolute Gasteiger partial charge is 0.261 e. The molecule has 0 saturated heterocycles. The number of carbonyl (C=O) groups excluding carboxylic acids is 1. The second kappa shape index (κ2) is 5.41. The molecule has 2 aromatic rings. The van der Waals surface area contributed by atoms with Crippen LogP contribution >= 0.6 is 11.6 Å². The van der Waals surface area contributed by atoms with Gasteiger partial charge in [0.15, 0.2) is 0 Å². The van der Waals surface area contributed by atoms with Gasteiger partial charge in [0.25, 0.3) is 5.91 Å². The summed E-state index contributed by atoms with van der Waals surface area (Å²) in [5.74, 6) is -0.117. The number of benzene rings is 2. The van der Waals surface area contributed by atoms with E-state index in [0.29, 0.717) is 22.8 Å². The van der Waals surface area contributed by atoms with Crippen molar-refractivity contribution in [2.45, 2.75) is 19.8 Å². The SMILES string of the molecule is Cc1cccc2c1N(C(=O)c1c(N)cccc1Cl)CCC2. The average Bonchev–Trinajstić information content (AvgIpc) is 2.46. The van der Waals surface area contributed by atoms with Gasteiger partial charge in [0.05, 0.1) is 16.3 Å². The lowest BCUT2D eigenvalue weighted by molar-refractivity contribution is 0.0986. The highest BCUT2D eigenvalue weighted by atomic mass is 35.5. The first-order valence-corrected chi connectivity index (χ1v) is 7.41. The molecule has 0 radical (unpaired) electrons. The van der Waals surface area contributed by atoms with Crippen LogP contribution in [0.2, 0.25) is 5.02 Å². The Morgan fingerprint density at radius 3 is 2.76 bits per heavy atom. The van der Waals surface area contributed by atoms with E-state index in [1.807, 2.05) is 24.0 Å². The van der Waals surface area contributed by atoms with Gasteiger partial charge in [-0.1, -0.05) is 35.9 Å². The summed E-state index contributed by atoms with van der Waals surface area (Å²) in [6, 6.07) is 11.3. The van der Waals surface area contributed by atoms with Crippen LogP contribution in [-0.2, 0) is 6.42 Å². The summed E-state index contributed by atoms with van der Waals surface area (Å²) in [6.45, 7) is 2.72. The number of para-hydroxylation sites is 1. The molecule has 4 heteroatoms. The standard InChI is InChI=1S/C17H17ClN2O/c1-11-5-2-6-12-7-4-10-20(16(11)12)17(21)15-13(18)8-3-9-14(15)19/h2-3,5-6,8-9H,4,7,10,19H2,1H3. The zero-order valence-corrected chi connectivity index (χ0v) is 12.7. The number of anilines is 2. The van der Waals surface area contributed by atoms with Crippen LogP contribution in [0.25, 0.3) is 0 Å². The fraction of sp³-hybridized carbons (Fsp3) is 0.235. The zero-order chi connectivity index (χ0) is 15.0. The quantitative estimate of drug-likeness (QED) is 0.814. The van der Waals surface area contributed by atoms with Crippen molar-refractivity contribution in [3.8, 4) is 0 Å². The Hall–Kier alpha value is -2.00. The van der Waals surface area contributed by atoms with E-state index in [0.717, 1.165) is 24.1 Å². The summed E-state index contributed by atoms with van der Waals surface area (Å²) in [4.78, 5) is 14.7. The lowest BCUT2D eigenvalue weighted by Gasteiger charge is -2.31. The Balaban J connectivity index is 2.09. The summed E-state index contributed by atoms with van der Waals surface area (Å²) < 4.78 is 0. The van der Waals surface area contributed by atoms with Crippen molar-refractivity contribution in [1.82, 2.24) is 0 Å². The summed E-state index contributed by atoms with van der Waals surface area (Å²) in [5, 5.41) is 0.403. The van der Waals surface area contributed by atoms with Crippen LogP contribution in [0.4, 0.5) is 11.4 Å². The van der Waals surface area contributed by atoms with E-state index in [1.165, 1.54) is 5.56 Å². The largest absolute Gasteiger partial charge is 0.398 e. The van der Waals surface area contributed by atoms with Crippen LogP contribution in [-0.4, -0.2) is 12.5 Å². The normalized spacial score (nSPS) is 13.9. The molecule has 0 spiro atoms. The highest BCUT2D eigenvalue weighted by Gasteiger charge is 2.27. The number of rotatable bonds is 1. The van der Waals surface area contributed by atoms with E-state index < -0.39 is 0 Å². The van der Waals surface area contributed by atoms with Crippen molar-refractivity contribution >= 4 is 28.9 Å². The van der Waals surface area contributed by atoms with Gasteiger partial charge in [0.1, 0.15) is 0 Å². The van der Waals surface area contributed by atoms with Crippen LogP contribution in [0.3, 0.4) is 0 Å². The van der Waals surface area contributed by atoms with Gasteiger partial charge in [-0.25, -0.2) is 0 Å². The molecule has 1 aliphatic heterocycles. The Bertz CT molecular complexity index is 692. The molecule has 108 valence electrons. The van der Waals surface area contributed by atoms with E-state index in [4.69, 9.17) is 17.3 Å². The molecule has 2 N–H and O–H groups in total. The first kappa shape index (κ1) is 14.0. The van der Waals surface area contributed by atoms with Crippen molar-refractivity contribution in [2.24, 2.45) is 0 Å². The van der Waals surface area contributed by atoms with Crippen molar-refractivity contribution in [2.75, 3.05) is 17.2 Å². The Kier molecular flexibility index (Phi) is 3.60. The summed E-state index contributed by atoms with van der Waals surface area (Å²) in [7, 11) is 0. The van der Waals surface area contributed by atoms with Crippen molar-refractivity contribution in [3.63, 3.8) is 0 Å². The van der Waals surface area contributed by atoms with Crippen molar-refractivity contribution in [1.29, 1.82) is 0 Å². The molecule has 1 amide bonds. The maximum absolute atomic E-state index is 12.9. The van der Waals surface area contributed by atoms with Crippen molar-refractivity contribution in [3.05, 3.63) is 58.1 Å². The van der Waals surface area contributed by atoms with Gasteiger partial charge in [-0.05, 0) is 43.0 Å². The average molecular weight is 301 g/mol. The minimum atomic E-state index is -0.117. The molecule has 1 aliphatic rings. The highest BCUT2D eigenvalue weighted by Crippen LogP contribution is 2.33. The monoisotopic (exact) mass is 300 g/mol. The first-order chi connectivity index (χ1) is 10.1. The lowest BCUT2D eigenvalue weighted by Crippen LogP contribution is -2.36. The molecule has 21 heavy (non-hydrogen) atoms. The molecule has 0 unspecified atom stereocenters. The van der Waals surface area contributed by atoms with Crippen molar-refractivity contribution < 1.29 is 4.79 Å². The van der Waals surface area contributed by atoms with Gasteiger partial charge < -0.3 is 10.6 Å². The summed E-state index contributed by atoms with van der Waals surface area (Å²) in [6.07, 6.45) is 1.95. The van der Waals surface area contributed by atoms with E-state index >= 15 is 0 Å². The molecule has 0 bridgehead atoms. The van der Waals surface area contributed by atoms with Gasteiger partial charge >= 0.3 is 0 Å². The Morgan fingerprint density at radius 2 is 2.00 bits per heavy atom. The third-order valence-corrected chi connectivity index (χ3v) is 4.24. The molecule has 3 nitrogen and oxygen atoms in total. The third-order valence-electron chi connectivity index (χ3n) is 3.92. The van der Waals surface area contributed by atoms with Gasteiger partial charge in [0.2, 0.25) is 0 Å². The van der Waals surface area contributed by atoms with E-state index in [2.05, 4.69) is 6.07 Å². The van der Waals surface area contributed by atoms with E-state index in [1.54, 1.807) is 18.2 Å². The van der Waals surface area contributed by atoms with Crippen LogP contribution in [0.5, 0.6) is 0 Å². The number of nitrogens with two attached hydrogens (primary N) is 1. The lowest BCUT2D eigenvalue weighted by atomic mass is 9.97. The highest BCUT2D eigenvalue weighted by molar-refractivity contribution is 6.35. The number of amides is 1. The molecule has 0 aromatic heterocycles. The number of fused-ring (bicyclic) bond motifs is 1. The molecular formula is C17H17ClN2O. The van der Waals surface area contributed by atoms with Crippen LogP contribution in [0.1, 0.15) is 27.9 Å². The summed E-state index contributed by atoms with van der Waals surface area (Å²) >= 11 is 6.18. The van der Waals surface area contributed by atoms with E-state index in [9.17, 15) is 4.79 Å². The zero-order valence-electron chi connectivity index (χ0n) is 11.9. The number of nitrogens with zero attached hydrogens (tertiary/aromatic N) is 1. The van der Waals surface area contributed by atoms with Crippen LogP contribution < -0.4 is 10.6 Å². The molecule has 0 aliphatic carbocycles. The number of hydrogen-bond donors (Lipinski definition) is 1. The fourth-order valence-corrected chi connectivity index (χ4v) is 3.21. The first-order valence-electron chi connectivity index (χ1n) is 7.04. The number of hydrogen-bond acceptors (Lipinski definition) is 2. The molecule has 3 rings (SSSR count). The van der Waals surface area contributed by atoms with E-state index in [-0.39, 0.29) is 5.91 Å². The number of nitrogen functional groups attached to an aromatic ring is 1. The van der Waals surface area contributed by atoms with Crippen LogP contribution in [0.15, 0.2) is 36.4 Å². The van der Waals surface area contributed by atoms with Crippen LogP contribution in [0, 0.1) is 6.92 Å². The van der Waals surface area contributed by atoms with Gasteiger partial charge in [-0.2, -0.15) is 0 Å². The Morgan fingerprint density at radius 1 is 1.24 bits per heavy atom. The molecular weight excluding hydrogens is 284 g/mol. The molecule has 0 saturated carbocycles. The molecule has 0 atom stereocenters. The predicted molar refractivity (Wildman–Crippen MR) is 87.0 cm³/mol. The maximum Gasteiger partial charge on any atom is 0.261 e. The number of halogens is 1. The molecule has 2 aromatic carbocycles. The molecule has 1 heterocycles. The van der Waals surface area contributed by atoms with Gasteiger partial charge in [0, 0.05) is 12.2 Å². The second-order valence-electron chi connectivity index (χ2n) is 5.35. The maximum atomic E-state index is 12.9. The minimum Gasteiger partial charge on any atom is -0.398 e.